The van der Waals surface area contributed by atoms with Gasteiger partial charge >= 0.3 is 0 Å². The van der Waals surface area contributed by atoms with Crippen LogP contribution in [0.2, 0.25) is 0 Å². The molecule has 1 heterocycles. The first kappa shape index (κ1) is 13.2. The first-order valence-electron chi connectivity index (χ1n) is 5.85. The molecule has 3 nitrogen and oxygen atoms in total. The van der Waals surface area contributed by atoms with Crippen LogP contribution in [0.25, 0.3) is 0 Å². The second-order valence-corrected chi connectivity index (χ2v) is 4.94. The van der Waals surface area contributed by atoms with E-state index in [4.69, 9.17) is 14.9 Å². The lowest BCUT2D eigenvalue weighted by molar-refractivity contribution is 0.335. The molecule has 0 amide bonds. The standard InChI is InChI=1S/C14H16BrNO2/c1-3-17-13-5-4-10(15)8-12(13)14(16)11-6-7-18-9(11)2/h4-8,14H,3,16H2,1-2H3. The Kier molecular flexibility index (Phi) is 4.09. The number of aryl methyl sites for hydroxylation is 1. The zero-order chi connectivity index (χ0) is 13.1. The molecule has 1 aromatic heterocycles. The molecule has 1 aromatic carbocycles. The number of ether oxygens (including phenoxy) is 1. The normalized spacial score (nSPS) is 12.4. The fourth-order valence-electron chi connectivity index (χ4n) is 1.93. The summed E-state index contributed by atoms with van der Waals surface area (Å²) in [5.41, 5.74) is 8.24. The van der Waals surface area contributed by atoms with Crippen LogP contribution in [0.5, 0.6) is 5.75 Å². The predicted molar refractivity (Wildman–Crippen MR) is 74.8 cm³/mol. The molecule has 1 atom stereocenters. The van der Waals surface area contributed by atoms with Gasteiger partial charge < -0.3 is 14.9 Å². The molecular formula is C14H16BrNO2. The number of hydrogen-bond acceptors (Lipinski definition) is 3. The fraction of sp³-hybridized carbons (Fsp3) is 0.286. The number of rotatable bonds is 4. The Balaban J connectivity index is 2.43. The van der Waals surface area contributed by atoms with Crippen LogP contribution in [0.1, 0.15) is 29.9 Å². The summed E-state index contributed by atoms with van der Waals surface area (Å²) in [6, 6.07) is 7.52. The van der Waals surface area contributed by atoms with Crippen molar-refractivity contribution in [2.45, 2.75) is 19.9 Å². The molecule has 0 saturated carbocycles. The third-order valence-corrected chi connectivity index (χ3v) is 3.33. The van der Waals surface area contributed by atoms with Gasteiger partial charge in [-0.2, -0.15) is 0 Å². The van der Waals surface area contributed by atoms with Gasteiger partial charge in [0.1, 0.15) is 11.5 Å². The second kappa shape index (κ2) is 5.59. The summed E-state index contributed by atoms with van der Waals surface area (Å²) in [5.74, 6) is 1.65. The minimum atomic E-state index is -0.247. The molecule has 0 aliphatic rings. The Labute approximate surface area is 115 Å². The Bertz CT molecular complexity index is 536. The molecule has 2 aromatic rings. The number of hydrogen-bond donors (Lipinski definition) is 1. The van der Waals surface area contributed by atoms with E-state index in [1.54, 1.807) is 6.26 Å². The summed E-state index contributed by atoms with van der Waals surface area (Å²) in [6.07, 6.45) is 1.66. The maximum Gasteiger partial charge on any atom is 0.124 e. The Hall–Kier alpha value is -1.26. The molecule has 0 aliphatic heterocycles. The third-order valence-electron chi connectivity index (χ3n) is 2.84. The van der Waals surface area contributed by atoms with E-state index in [0.29, 0.717) is 6.61 Å². The topological polar surface area (TPSA) is 48.4 Å². The zero-order valence-corrected chi connectivity index (χ0v) is 12.0. The maximum atomic E-state index is 6.30. The summed E-state index contributed by atoms with van der Waals surface area (Å²) in [7, 11) is 0. The number of halogens is 1. The van der Waals surface area contributed by atoms with E-state index in [-0.39, 0.29) is 6.04 Å². The van der Waals surface area contributed by atoms with E-state index in [1.807, 2.05) is 38.1 Å². The predicted octanol–water partition coefficient (Wildman–Crippen LogP) is 3.80. The smallest absolute Gasteiger partial charge is 0.124 e. The van der Waals surface area contributed by atoms with Gasteiger partial charge in [-0.1, -0.05) is 15.9 Å². The first-order chi connectivity index (χ1) is 8.63. The number of nitrogens with two attached hydrogens (primary N) is 1. The van der Waals surface area contributed by atoms with Crippen LogP contribution in [0, 0.1) is 6.92 Å². The van der Waals surface area contributed by atoms with E-state index >= 15 is 0 Å². The summed E-state index contributed by atoms with van der Waals surface area (Å²) in [6.45, 7) is 4.49. The average Bonchev–Trinajstić information content (AvgIpc) is 2.77. The van der Waals surface area contributed by atoms with Crippen molar-refractivity contribution >= 4 is 15.9 Å². The Morgan fingerprint density at radius 3 is 2.72 bits per heavy atom. The summed E-state index contributed by atoms with van der Waals surface area (Å²) in [4.78, 5) is 0. The Morgan fingerprint density at radius 1 is 1.33 bits per heavy atom. The molecule has 2 rings (SSSR count). The number of benzene rings is 1. The molecule has 96 valence electrons. The van der Waals surface area contributed by atoms with Crippen molar-refractivity contribution in [1.29, 1.82) is 0 Å². The molecule has 18 heavy (non-hydrogen) atoms. The van der Waals surface area contributed by atoms with Crippen LogP contribution in [0.4, 0.5) is 0 Å². The molecule has 0 aliphatic carbocycles. The minimum Gasteiger partial charge on any atom is -0.494 e. The highest BCUT2D eigenvalue weighted by atomic mass is 79.9. The first-order valence-corrected chi connectivity index (χ1v) is 6.64. The molecule has 2 N–H and O–H groups in total. The van der Waals surface area contributed by atoms with Crippen molar-refractivity contribution in [1.82, 2.24) is 0 Å². The third kappa shape index (κ3) is 2.60. The van der Waals surface area contributed by atoms with Crippen molar-refractivity contribution in [2.75, 3.05) is 6.61 Å². The van der Waals surface area contributed by atoms with Gasteiger partial charge in [0.05, 0.1) is 18.9 Å². The summed E-state index contributed by atoms with van der Waals surface area (Å²) in [5, 5.41) is 0. The van der Waals surface area contributed by atoms with Gasteiger partial charge in [-0.15, -0.1) is 0 Å². The van der Waals surface area contributed by atoms with Gasteiger partial charge in [-0.25, -0.2) is 0 Å². The second-order valence-electron chi connectivity index (χ2n) is 4.02. The summed E-state index contributed by atoms with van der Waals surface area (Å²) >= 11 is 3.46. The van der Waals surface area contributed by atoms with Gasteiger partial charge in [-0.05, 0) is 38.1 Å². The van der Waals surface area contributed by atoms with Crippen LogP contribution >= 0.6 is 15.9 Å². The lowest BCUT2D eigenvalue weighted by atomic mass is 9.99. The van der Waals surface area contributed by atoms with E-state index < -0.39 is 0 Å². The molecule has 0 saturated heterocycles. The van der Waals surface area contributed by atoms with Crippen LogP contribution < -0.4 is 10.5 Å². The minimum absolute atomic E-state index is 0.247. The SMILES string of the molecule is CCOc1ccc(Br)cc1C(N)c1ccoc1C. The molecular weight excluding hydrogens is 294 g/mol. The van der Waals surface area contributed by atoms with Crippen molar-refractivity contribution in [2.24, 2.45) is 5.73 Å². The summed E-state index contributed by atoms with van der Waals surface area (Å²) < 4.78 is 11.9. The van der Waals surface area contributed by atoms with Crippen LogP contribution in [0.15, 0.2) is 39.4 Å². The zero-order valence-electron chi connectivity index (χ0n) is 10.4. The highest BCUT2D eigenvalue weighted by Crippen LogP contribution is 2.32. The molecule has 1 unspecified atom stereocenters. The maximum absolute atomic E-state index is 6.30. The van der Waals surface area contributed by atoms with Crippen LogP contribution in [-0.2, 0) is 0 Å². The highest BCUT2D eigenvalue weighted by molar-refractivity contribution is 9.10. The highest BCUT2D eigenvalue weighted by Gasteiger charge is 2.18. The van der Waals surface area contributed by atoms with Gasteiger partial charge in [0, 0.05) is 15.6 Å². The van der Waals surface area contributed by atoms with E-state index in [0.717, 1.165) is 27.1 Å². The molecule has 0 radical (unpaired) electrons. The fourth-order valence-corrected chi connectivity index (χ4v) is 2.31. The molecule has 0 fully saturated rings. The van der Waals surface area contributed by atoms with E-state index in [2.05, 4.69) is 15.9 Å². The van der Waals surface area contributed by atoms with Crippen molar-refractivity contribution in [3.8, 4) is 5.75 Å². The van der Waals surface area contributed by atoms with Crippen molar-refractivity contribution < 1.29 is 9.15 Å². The molecule has 0 spiro atoms. The monoisotopic (exact) mass is 309 g/mol. The lowest BCUT2D eigenvalue weighted by Crippen LogP contribution is -2.14. The molecule has 0 bridgehead atoms. The van der Waals surface area contributed by atoms with E-state index in [1.165, 1.54) is 0 Å². The lowest BCUT2D eigenvalue weighted by Gasteiger charge is -2.16. The van der Waals surface area contributed by atoms with Crippen molar-refractivity contribution in [3.63, 3.8) is 0 Å². The van der Waals surface area contributed by atoms with Gasteiger partial charge in [0.25, 0.3) is 0 Å². The Morgan fingerprint density at radius 2 is 2.11 bits per heavy atom. The van der Waals surface area contributed by atoms with Gasteiger partial charge in [0.2, 0.25) is 0 Å². The van der Waals surface area contributed by atoms with Crippen LogP contribution in [-0.4, -0.2) is 6.61 Å². The number of furan rings is 1. The largest absolute Gasteiger partial charge is 0.494 e. The van der Waals surface area contributed by atoms with Gasteiger partial charge in [-0.3, -0.25) is 0 Å². The van der Waals surface area contributed by atoms with Gasteiger partial charge in [0.15, 0.2) is 0 Å². The van der Waals surface area contributed by atoms with E-state index in [9.17, 15) is 0 Å². The van der Waals surface area contributed by atoms with Crippen molar-refractivity contribution in [3.05, 3.63) is 51.9 Å². The quantitative estimate of drug-likeness (QED) is 0.934. The molecule has 4 heteroatoms. The average molecular weight is 310 g/mol. The van der Waals surface area contributed by atoms with Crippen LogP contribution in [0.3, 0.4) is 0 Å².